The Morgan fingerprint density at radius 3 is 2.71 bits per heavy atom. The van der Waals surface area contributed by atoms with Gasteiger partial charge in [0.1, 0.15) is 0 Å². The zero-order chi connectivity index (χ0) is 20.1. The predicted octanol–water partition coefficient (Wildman–Crippen LogP) is 3.77. The molecule has 3 rings (SSSR count). The molecule has 1 heterocycles. The molecule has 0 aliphatic carbocycles. The first kappa shape index (κ1) is 19.1. The number of nitrogens with one attached hydrogen (secondary N) is 1. The summed E-state index contributed by atoms with van der Waals surface area (Å²) in [6.45, 7) is 3.39. The number of anilines is 1. The molecule has 6 heteroatoms. The predicted molar refractivity (Wildman–Crippen MR) is 106 cm³/mol. The number of para-hydroxylation sites is 1. The molecule has 0 radical (unpaired) electrons. The maximum Gasteiger partial charge on any atom is 0.339 e. The van der Waals surface area contributed by atoms with Gasteiger partial charge in [0.2, 0.25) is 0 Å². The van der Waals surface area contributed by atoms with Crippen molar-refractivity contribution >= 4 is 28.5 Å². The number of carbonyl (C=O) groups is 2. The van der Waals surface area contributed by atoms with Crippen LogP contribution in [0, 0.1) is 18.3 Å². The number of esters is 1. The van der Waals surface area contributed by atoms with Crippen LogP contribution in [0.1, 0.15) is 34.1 Å². The van der Waals surface area contributed by atoms with Crippen LogP contribution in [0.3, 0.4) is 0 Å². The third kappa shape index (κ3) is 3.99. The van der Waals surface area contributed by atoms with Gasteiger partial charge in [-0.15, -0.1) is 0 Å². The van der Waals surface area contributed by atoms with Gasteiger partial charge in [0.05, 0.1) is 22.7 Å². The van der Waals surface area contributed by atoms with Crippen LogP contribution >= 0.6 is 0 Å². The number of fused-ring (bicyclic) bond motifs is 1. The molecule has 0 saturated carbocycles. The standard InChI is InChI=1S/C22H19N3O3/c1-3-18-14(2)21(17-9-4-5-10-19(17)25-18)22(27)28-13-20(26)24-16-8-6-7-15(11-16)12-23/h4-11H,3,13H2,1-2H3,(H,24,26). The second kappa shape index (κ2) is 8.31. The second-order valence-electron chi connectivity index (χ2n) is 6.25. The molecule has 0 aliphatic heterocycles. The SMILES string of the molecule is CCc1nc2ccccc2c(C(=O)OCC(=O)Nc2cccc(C#N)c2)c1C. The van der Waals surface area contributed by atoms with E-state index in [0.29, 0.717) is 28.6 Å². The van der Waals surface area contributed by atoms with E-state index in [4.69, 9.17) is 10.00 Å². The number of ether oxygens (including phenoxy) is 1. The van der Waals surface area contributed by atoms with E-state index in [0.717, 1.165) is 16.8 Å². The highest BCUT2D eigenvalue weighted by Gasteiger charge is 2.19. The van der Waals surface area contributed by atoms with Crippen molar-refractivity contribution in [3.8, 4) is 6.07 Å². The Morgan fingerprint density at radius 2 is 1.96 bits per heavy atom. The van der Waals surface area contributed by atoms with Crippen molar-refractivity contribution in [3.63, 3.8) is 0 Å². The summed E-state index contributed by atoms with van der Waals surface area (Å²) in [5.41, 5.74) is 3.63. The van der Waals surface area contributed by atoms with Crippen LogP contribution in [0.5, 0.6) is 0 Å². The molecule has 0 bridgehead atoms. The van der Waals surface area contributed by atoms with Crippen molar-refractivity contribution in [2.45, 2.75) is 20.3 Å². The van der Waals surface area contributed by atoms with Crippen LogP contribution in [0.15, 0.2) is 48.5 Å². The lowest BCUT2D eigenvalue weighted by atomic mass is 10.0. The largest absolute Gasteiger partial charge is 0.452 e. The molecule has 1 N–H and O–H groups in total. The second-order valence-corrected chi connectivity index (χ2v) is 6.25. The first-order chi connectivity index (χ1) is 13.5. The van der Waals surface area contributed by atoms with E-state index >= 15 is 0 Å². The van der Waals surface area contributed by atoms with Crippen LogP contribution in [0.25, 0.3) is 10.9 Å². The van der Waals surface area contributed by atoms with Crippen molar-refractivity contribution in [2.24, 2.45) is 0 Å². The van der Waals surface area contributed by atoms with Gasteiger partial charge in [0.15, 0.2) is 6.61 Å². The fraction of sp³-hybridized carbons (Fsp3) is 0.182. The van der Waals surface area contributed by atoms with E-state index in [1.54, 1.807) is 24.3 Å². The lowest BCUT2D eigenvalue weighted by molar-refractivity contribution is -0.119. The Hall–Kier alpha value is -3.72. The molecule has 0 aliphatic rings. The maximum absolute atomic E-state index is 12.7. The molecule has 0 saturated heterocycles. The molecule has 3 aromatic rings. The molecule has 0 spiro atoms. The van der Waals surface area contributed by atoms with Gasteiger partial charge in [-0.25, -0.2) is 4.79 Å². The minimum absolute atomic E-state index is 0.423. The Morgan fingerprint density at radius 1 is 1.18 bits per heavy atom. The van der Waals surface area contributed by atoms with Crippen molar-refractivity contribution < 1.29 is 14.3 Å². The quantitative estimate of drug-likeness (QED) is 0.687. The highest BCUT2D eigenvalue weighted by molar-refractivity contribution is 6.05. The molecule has 2 aromatic carbocycles. The first-order valence-corrected chi connectivity index (χ1v) is 8.88. The lowest BCUT2D eigenvalue weighted by Crippen LogP contribution is -2.21. The number of nitriles is 1. The summed E-state index contributed by atoms with van der Waals surface area (Å²) in [6.07, 6.45) is 0.687. The zero-order valence-electron chi connectivity index (χ0n) is 15.7. The number of benzene rings is 2. The van der Waals surface area contributed by atoms with Gasteiger partial charge in [-0.1, -0.05) is 31.2 Å². The van der Waals surface area contributed by atoms with E-state index in [-0.39, 0.29) is 0 Å². The smallest absolute Gasteiger partial charge is 0.339 e. The van der Waals surface area contributed by atoms with Crippen molar-refractivity contribution in [3.05, 3.63) is 70.9 Å². The summed E-state index contributed by atoms with van der Waals surface area (Å²) >= 11 is 0. The van der Waals surface area contributed by atoms with Crippen molar-refractivity contribution in [1.82, 2.24) is 4.98 Å². The fourth-order valence-electron chi connectivity index (χ4n) is 3.03. The molecule has 6 nitrogen and oxygen atoms in total. The summed E-state index contributed by atoms with van der Waals surface area (Å²) in [7, 11) is 0. The third-order valence-electron chi connectivity index (χ3n) is 4.39. The lowest BCUT2D eigenvalue weighted by Gasteiger charge is -2.13. The molecule has 28 heavy (non-hydrogen) atoms. The molecule has 0 atom stereocenters. The number of hydrogen-bond acceptors (Lipinski definition) is 5. The van der Waals surface area contributed by atoms with Crippen LogP contribution in [0.4, 0.5) is 5.69 Å². The molecule has 1 aromatic heterocycles. The minimum Gasteiger partial charge on any atom is -0.452 e. The summed E-state index contributed by atoms with van der Waals surface area (Å²) in [6, 6.07) is 15.9. The molecular weight excluding hydrogens is 354 g/mol. The number of aryl methyl sites for hydroxylation is 1. The summed E-state index contributed by atoms with van der Waals surface area (Å²) in [4.78, 5) is 29.5. The van der Waals surface area contributed by atoms with Gasteiger partial charge in [0, 0.05) is 16.8 Å². The average Bonchev–Trinajstić information content (AvgIpc) is 2.71. The summed E-state index contributed by atoms with van der Waals surface area (Å²) < 4.78 is 5.26. The molecule has 0 unspecified atom stereocenters. The maximum atomic E-state index is 12.7. The van der Waals surface area contributed by atoms with Crippen LogP contribution < -0.4 is 5.32 Å². The highest BCUT2D eigenvalue weighted by Crippen LogP contribution is 2.24. The van der Waals surface area contributed by atoms with Gasteiger partial charge in [-0.2, -0.15) is 5.26 Å². The highest BCUT2D eigenvalue weighted by atomic mass is 16.5. The number of nitrogens with zero attached hydrogens (tertiary/aromatic N) is 2. The van der Waals surface area contributed by atoms with Gasteiger partial charge in [-0.05, 0) is 43.2 Å². The topological polar surface area (TPSA) is 92.1 Å². The first-order valence-electron chi connectivity index (χ1n) is 8.88. The van der Waals surface area contributed by atoms with Crippen molar-refractivity contribution in [1.29, 1.82) is 5.26 Å². The Balaban J connectivity index is 1.77. The van der Waals surface area contributed by atoms with E-state index in [1.165, 1.54) is 0 Å². The van der Waals surface area contributed by atoms with Crippen LogP contribution in [-0.2, 0) is 16.0 Å². The average molecular weight is 373 g/mol. The van der Waals surface area contributed by atoms with Gasteiger partial charge >= 0.3 is 5.97 Å². The zero-order valence-corrected chi connectivity index (χ0v) is 15.7. The number of carbonyl (C=O) groups excluding carboxylic acids is 2. The van der Waals surface area contributed by atoms with Gasteiger partial charge < -0.3 is 10.1 Å². The number of aromatic nitrogens is 1. The van der Waals surface area contributed by atoms with E-state index in [2.05, 4.69) is 10.3 Å². The Bertz CT molecular complexity index is 1100. The number of amides is 1. The Kier molecular flexibility index (Phi) is 5.66. The van der Waals surface area contributed by atoms with Crippen molar-refractivity contribution in [2.75, 3.05) is 11.9 Å². The molecule has 0 fully saturated rings. The molecule has 140 valence electrons. The summed E-state index contributed by atoms with van der Waals surface area (Å²) in [5, 5.41) is 12.2. The van der Waals surface area contributed by atoms with Crippen LogP contribution in [0.2, 0.25) is 0 Å². The summed E-state index contributed by atoms with van der Waals surface area (Å²) in [5.74, 6) is -1.04. The fourth-order valence-corrected chi connectivity index (χ4v) is 3.03. The van der Waals surface area contributed by atoms with Gasteiger partial charge in [0.25, 0.3) is 5.91 Å². The monoisotopic (exact) mass is 373 g/mol. The minimum atomic E-state index is -0.563. The van der Waals surface area contributed by atoms with Gasteiger partial charge in [-0.3, -0.25) is 9.78 Å². The Labute approximate surface area is 162 Å². The molecular formula is C22H19N3O3. The number of hydrogen-bond donors (Lipinski definition) is 1. The molecule has 1 amide bonds. The van der Waals surface area contributed by atoms with Crippen LogP contribution in [-0.4, -0.2) is 23.5 Å². The van der Waals surface area contributed by atoms with E-state index < -0.39 is 18.5 Å². The number of rotatable bonds is 5. The third-order valence-corrected chi connectivity index (χ3v) is 4.39. The van der Waals surface area contributed by atoms with E-state index in [1.807, 2.05) is 44.2 Å². The van der Waals surface area contributed by atoms with E-state index in [9.17, 15) is 9.59 Å². The number of pyridine rings is 1. The normalized spacial score (nSPS) is 10.3.